The molecule has 1 rings (SSSR count). The molecule has 0 unspecified atom stereocenters. The average molecular weight is 323 g/mol. The van der Waals surface area contributed by atoms with Crippen LogP contribution in [0.2, 0.25) is 0 Å². The summed E-state index contributed by atoms with van der Waals surface area (Å²) >= 11 is 3.02. The molecule has 19 heavy (non-hydrogen) atoms. The van der Waals surface area contributed by atoms with Gasteiger partial charge in [0, 0.05) is 4.47 Å². The van der Waals surface area contributed by atoms with Crippen LogP contribution in [0.5, 0.6) is 0 Å². The van der Waals surface area contributed by atoms with Crippen molar-refractivity contribution in [2.45, 2.75) is 6.92 Å². The second-order valence-corrected chi connectivity index (χ2v) is 4.17. The molecule has 0 saturated heterocycles. The smallest absolute Gasteiger partial charge is 0.872 e. The maximum atomic E-state index is 13.0. The van der Waals surface area contributed by atoms with Gasteiger partial charge in [0.1, 0.15) is 5.82 Å². The molecule has 0 fully saturated rings. The van der Waals surface area contributed by atoms with Crippen LogP contribution in [0, 0.1) is 5.82 Å². The van der Waals surface area contributed by atoms with E-state index >= 15 is 0 Å². The van der Waals surface area contributed by atoms with Gasteiger partial charge in [0.15, 0.2) is 0 Å². The Morgan fingerprint density at radius 3 is 2.58 bits per heavy atom. The normalized spacial score (nSPS) is 10.6. The minimum Gasteiger partial charge on any atom is -0.872 e. The van der Waals surface area contributed by atoms with E-state index in [1.54, 1.807) is 0 Å². The van der Waals surface area contributed by atoms with Crippen LogP contribution >= 0.6 is 15.9 Å². The SMILES string of the molecule is CCOC(=O)C(=O)/C=C(\[O-])c1cc(F)cc(Br)c1.[Li+]. The van der Waals surface area contributed by atoms with Gasteiger partial charge in [-0.3, -0.25) is 4.79 Å². The van der Waals surface area contributed by atoms with Crippen LogP contribution in [0.3, 0.4) is 0 Å². The summed E-state index contributed by atoms with van der Waals surface area (Å²) in [6, 6.07) is 3.49. The molecule has 0 aromatic heterocycles. The standard InChI is InChI=1S/C12H10BrFO4.Li/c1-2-18-12(17)11(16)6-10(15)7-3-8(13)5-9(14)4-7;/h3-6,15H,2H2,1H3;/q;+1/p-1/b10-6-;. The quantitative estimate of drug-likeness (QED) is 0.221. The van der Waals surface area contributed by atoms with Crippen LogP contribution in [-0.2, 0) is 14.3 Å². The van der Waals surface area contributed by atoms with E-state index in [1.165, 1.54) is 19.1 Å². The Labute approximate surface area is 129 Å². The number of carbonyl (C=O) groups is 2. The monoisotopic (exact) mass is 322 g/mol. The van der Waals surface area contributed by atoms with Crippen LogP contribution < -0.4 is 24.0 Å². The van der Waals surface area contributed by atoms with E-state index in [0.29, 0.717) is 10.5 Å². The van der Waals surface area contributed by atoms with Gasteiger partial charge in [0.25, 0.3) is 5.78 Å². The molecule has 1 aromatic carbocycles. The molecule has 0 amide bonds. The summed E-state index contributed by atoms with van der Waals surface area (Å²) in [5, 5.41) is 11.6. The van der Waals surface area contributed by atoms with Crippen LogP contribution in [0.15, 0.2) is 28.7 Å². The number of hydrogen-bond acceptors (Lipinski definition) is 4. The van der Waals surface area contributed by atoms with Crippen LogP contribution in [-0.4, -0.2) is 18.4 Å². The number of ketones is 1. The van der Waals surface area contributed by atoms with Gasteiger partial charge in [-0.2, -0.15) is 0 Å². The topological polar surface area (TPSA) is 66.4 Å². The number of hydrogen-bond donors (Lipinski definition) is 0. The van der Waals surface area contributed by atoms with E-state index in [4.69, 9.17) is 0 Å². The average Bonchev–Trinajstić information content (AvgIpc) is 2.27. The van der Waals surface area contributed by atoms with Crippen molar-refractivity contribution in [2.75, 3.05) is 6.61 Å². The fourth-order valence-electron chi connectivity index (χ4n) is 1.16. The zero-order valence-electron chi connectivity index (χ0n) is 10.4. The molecule has 96 valence electrons. The number of halogens is 2. The first-order valence-electron chi connectivity index (χ1n) is 5.00. The maximum absolute atomic E-state index is 13.0. The van der Waals surface area contributed by atoms with E-state index < -0.39 is 23.3 Å². The van der Waals surface area contributed by atoms with E-state index in [-0.39, 0.29) is 31.0 Å². The van der Waals surface area contributed by atoms with Crippen molar-refractivity contribution >= 4 is 33.4 Å². The Hall–Kier alpha value is -1.09. The zero-order chi connectivity index (χ0) is 13.7. The number of benzene rings is 1. The fraction of sp³-hybridized carbons (Fsp3) is 0.167. The Morgan fingerprint density at radius 2 is 2.05 bits per heavy atom. The van der Waals surface area contributed by atoms with Gasteiger partial charge >= 0.3 is 24.8 Å². The molecule has 0 bridgehead atoms. The largest absolute Gasteiger partial charge is 1.00 e. The van der Waals surface area contributed by atoms with Gasteiger partial charge in [0.05, 0.1) is 6.61 Å². The molecule has 1 aromatic rings. The first kappa shape index (κ1) is 17.9. The predicted octanol–water partition coefficient (Wildman–Crippen LogP) is -1.57. The molecule has 0 heterocycles. The summed E-state index contributed by atoms with van der Waals surface area (Å²) in [7, 11) is 0. The number of ether oxygens (including phenoxy) is 1. The summed E-state index contributed by atoms with van der Waals surface area (Å²) in [5.41, 5.74) is -0.0282. The van der Waals surface area contributed by atoms with Gasteiger partial charge in [-0.25, -0.2) is 9.18 Å². The number of rotatable bonds is 4. The molecule has 0 aliphatic carbocycles. The Balaban J connectivity index is 0.00000324. The second kappa shape index (κ2) is 8.15. The molecule has 0 saturated carbocycles. The molecule has 0 radical (unpaired) electrons. The molecule has 0 aliphatic rings. The van der Waals surface area contributed by atoms with Gasteiger partial charge in [-0.1, -0.05) is 21.7 Å². The van der Waals surface area contributed by atoms with Gasteiger partial charge in [-0.05, 0) is 36.8 Å². The second-order valence-electron chi connectivity index (χ2n) is 3.25. The van der Waals surface area contributed by atoms with E-state index in [9.17, 15) is 19.1 Å². The molecular formula is C12H9BrFLiO4. The molecule has 0 N–H and O–H groups in total. The molecule has 0 atom stereocenters. The van der Waals surface area contributed by atoms with Crippen LogP contribution in [0.4, 0.5) is 4.39 Å². The Morgan fingerprint density at radius 1 is 1.42 bits per heavy atom. The van der Waals surface area contributed by atoms with Crippen molar-refractivity contribution in [3.8, 4) is 0 Å². The Kier molecular flexibility index (Phi) is 7.68. The predicted molar refractivity (Wildman–Crippen MR) is 63.7 cm³/mol. The Bertz CT molecular complexity index is 496. The molecule has 0 aliphatic heterocycles. The fourth-order valence-corrected chi connectivity index (χ4v) is 1.62. The number of esters is 1. The summed E-state index contributed by atoms with van der Waals surface area (Å²) in [5.74, 6) is -3.55. The minimum absolute atomic E-state index is 0. The summed E-state index contributed by atoms with van der Waals surface area (Å²) in [6.45, 7) is 1.58. The van der Waals surface area contributed by atoms with E-state index in [0.717, 1.165) is 6.07 Å². The third-order valence-corrected chi connectivity index (χ3v) is 2.34. The van der Waals surface area contributed by atoms with Gasteiger partial charge in [0.2, 0.25) is 0 Å². The van der Waals surface area contributed by atoms with Crippen LogP contribution in [0.25, 0.3) is 5.76 Å². The molecule has 0 spiro atoms. The third-order valence-electron chi connectivity index (χ3n) is 1.89. The molecule has 7 heteroatoms. The summed E-state index contributed by atoms with van der Waals surface area (Å²) in [4.78, 5) is 22.2. The van der Waals surface area contributed by atoms with Crippen molar-refractivity contribution in [1.82, 2.24) is 0 Å². The number of carbonyl (C=O) groups excluding carboxylic acids is 2. The first-order chi connectivity index (χ1) is 8.43. The maximum Gasteiger partial charge on any atom is 1.00 e. The van der Waals surface area contributed by atoms with E-state index in [1.807, 2.05) is 0 Å². The van der Waals surface area contributed by atoms with Crippen molar-refractivity contribution < 1.29 is 42.7 Å². The summed E-state index contributed by atoms with van der Waals surface area (Å²) < 4.78 is 17.8. The molecule has 4 nitrogen and oxygen atoms in total. The first-order valence-corrected chi connectivity index (χ1v) is 5.79. The minimum atomic E-state index is -1.11. The van der Waals surface area contributed by atoms with Crippen LogP contribution in [0.1, 0.15) is 12.5 Å². The summed E-state index contributed by atoms with van der Waals surface area (Å²) in [6.07, 6.45) is 0.583. The van der Waals surface area contributed by atoms with Gasteiger partial charge in [-0.15, -0.1) is 0 Å². The van der Waals surface area contributed by atoms with Crippen molar-refractivity contribution in [3.63, 3.8) is 0 Å². The van der Waals surface area contributed by atoms with Crippen molar-refractivity contribution in [2.24, 2.45) is 0 Å². The third kappa shape index (κ3) is 5.60. The van der Waals surface area contributed by atoms with Crippen molar-refractivity contribution in [1.29, 1.82) is 0 Å². The van der Waals surface area contributed by atoms with E-state index in [2.05, 4.69) is 20.7 Å². The van der Waals surface area contributed by atoms with Gasteiger partial charge < -0.3 is 9.84 Å². The molecular weight excluding hydrogens is 314 g/mol. The van der Waals surface area contributed by atoms with Crippen molar-refractivity contribution in [3.05, 3.63) is 40.1 Å². The zero-order valence-corrected chi connectivity index (χ0v) is 12.0.